The normalized spacial score (nSPS) is 15.5. The Morgan fingerprint density at radius 1 is 1.05 bits per heavy atom. The Hall–Kier alpha value is -1.59. The van der Waals surface area contributed by atoms with E-state index in [-0.39, 0.29) is 0 Å². The number of nitrogens with zero attached hydrogens (tertiary/aromatic N) is 4. The second-order valence-electron chi connectivity index (χ2n) is 5.27. The largest absolute Gasteiger partial charge is 0.339 e. The molecule has 0 spiro atoms. The van der Waals surface area contributed by atoms with Crippen molar-refractivity contribution < 1.29 is 0 Å². The van der Waals surface area contributed by atoms with Gasteiger partial charge < -0.3 is 10.2 Å². The lowest BCUT2D eigenvalue weighted by Gasteiger charge is -2.19. The van der Waals surface area contributed by atoms with Crippen molar-refractivity contribution in [1.29, 1.82) is 0 Å². The minimum atomic E-state index is 0.471. The molecule has 0 bridgehead atoms. The van der Waals surface area contributed by atoms with Crippen LogP contribution >= 0.6 is 23.2 Å². The molecule has 3 rings (SSSR count). The Labute approximate surface area is 139 Å². The maximum absolute atomic E-state index is 6.18. The van der Waals surface area contributed by atoms with Crippen LogP contribution in [0.1, 0.15) is 25.7 Å². The molecule has 22 heavy (non-hydrogen) atoms. The summed E-state index contributed by atoms with van der Waals surface area (Å²) in [6, 6.07) is 5.43. The Bertz CT molecular complexity index is 642. The van der Waals surface area contributed by atoms with Crippen LogP contribution < -0.4 is 10.2 Å². The third-order valence-corrected chi connectivity index (χ3v) is 4.47. The Morgan fingerprint density at radius 3 is 2.59 bits per heavy atom. The fourth-order valence-corrected chi connectivity index (χ4v) is 2.85. The zero-order valence-electron chi connectivity index (χ0n) is 12.1. The number of anilines is 3. The number of benzene rings is 1. The first kappa shape index (κ1) is 15.3. The maximum atomic E-state index is 6.18. The molecule has 0 unspecified atom stereocenters. The quantitative estimate of drug-likeness (QED) is 0.904. The minimum Gasteiger partial charge on any atom is -0.339 e. The number of halogens is 2. The molecule has 1 aromatic heterocycles. The van der Waals surface area contributed by atoms with Crippen molar-refractivity contribution in [2.45, 2.75) is 25.7 Å². The van der Waals surface area contributed by atoms with Crippen LogP contribution in [0.4, 0.5) is 17.5 Å². The van der Waals surface area contributed by atoms with E-state index in [1.54, 1.807) is 12.3 Å². The molecule has 1 saturated heterocycles. The SMILES string of the molecule is Clc1cccc(Nc2cnnc(N3CCCCCC3)n2)c1Cl. The third-order valence-electron chi connectivity index (χ3n) is 3.65. The lowest BCUT2D eigenvalue weighted by molar-refractivity contribution is 0.726. The van der Waals surface area contributed by atoms with Gasteiger partial charge in [0.15, 0.2) is 5.82 Å². The Morgan fingerprint density at radius 2 is 1.82 bits per heavy atom. The number of aromatic nitrogens is 3. The van der Waals surface area contributed by atoms with Gasteiger partial charge in [-0.3, -0.25) is 0 Å². The van der Waals surface area contributed by atoms with Gasteiger partial charge in [0.1, 0.15) is 0 Å². The molecule has 5 nitrogen and oxygen atoms in total. The lowest BCUT2D eigenvalue weighted by atomic mass is 10.2. The van der Waals surface area contributed by atoms with Crippen LogP contribution in [0.2, 0.25) is 10.0 Å². The van der Waals surface area contributed by atoms with Crippen molar-refractivity contribution in [2.24, 2.45) is 0 Å². The second kappa shape index (κ2) is 7.11. The van der Waals surface area contributed by atoms with Crippen LogP contribution in [0.15, 0.2) is 24.4 Å². The number of nitrogens with one attached hydrogen (secondary N) is 1. The molecule has 0 atom stereocenters. The average Bonchev–Trinajstić information content (AvgIpc) is 2.81. The van der Waals surface area contributed by atoms with Crippen molar-refractivity contribution in [1.82, 2.24) is 15.2 Å². The average molecular weight is 338 g/mol. The predicted molar refractivity (Wildman–Crippen MR) is 90.3 cm³/mol. The number of hydrogen-bond acceptors (Lipinski definition) is 5. The summed E-state index contributed by atoms with van der Waals surface area (Å²) in [5.74, 6) is 1.27. The smallest absolute Gasteiger partial charge is 0.247 e. The van der Waals surface area contributed by atoms with E-state index in [4.69, 9.17) is 23.2 Å². The molecular weight excluding hydrogens is 321 g/mol. The lowest BCUT2D eigenvalue weighted by Crippen LogP contribution is -2.26. The summed E-state index contributed by atoms with van der Waals surface area (Å²) < 4.78 is 0. The first-order valence-corrected chi connectivity index (χ1v) is 8.15. The number of hydrogen-bond donors (Lipinski definition) is 1. The van der Waals surface area contributed by atoms with Crippen molar-refractivity contribution in [3.8, 4) is 0 Å². The zero-order valence-corrected chi connectivity index (χ0v) is 13.6. The molecule has 1 fully saturated rings. The highest BCUT2D eigenvalue weighted by Gasteiger charge is 2.14. The summed E-state index contributed by atoms with van der Waals surface area (Å²) in [5, 5.41) is 12.3. The zero-order chi connectivity index (χ0) is 15.4. The standard InChI is InChI=1S/C15H17Cl2N5/c16-11-6-5-7-12(14(11)17)19-13-10-18-21-15(20-13)22-8-3-1-2-4-9-22/h5-7,10H,1-4,8-9H2,(H,19,20,21). The highest BCUT2D eigenvalue weighted by atomic mass is 35.5. The van der Waals surface area contributed by atoms with Crippen molar-refractivity contribution in [2.75, 3.05) is 23.3 Å². The summed E-state index contributed by atoms with van der Waals surface area (Å²) in [6.45, 7) is 1.95. The highest BCUT2D eigenvalue weighted by molar-refractivity contribution is 6.43. The number of rotatable bonds is 3. The van der Waals surface area contributed by atoms with E-state index in [0.29, 0.717) is 27.5 Å². The van der Waals surface area contributed by atoms with E-state index < -0.39 is 0 Å². The van der Waals surface area contributed by atoms with Gasteiger partial charge in [-0.05, 0) is 25.0 Å². The molecule has 0 aliphatic carbocycles. The minimum absolute atomic E-state index is 0.471. The van der Waals surface area contributed by atoms with Gasteiger partial charge >= 0.3 is 0 Å². The summed E-state index contributed by atoms with van der Waals surface area (Å²) in [4.78, 5) is 6.73. The van der Waals surface area contributed by atoms with Crippen molar-refractivity contribution in [3.05, 3.63) is 34.4 Å². The highest BCUT2D eigenvalue weighted by Crippen LogP contribution is 2.31. The summed E-state index contributed by atoms with van der Waals surface area (Å²) in [7, 11) is 0. The molecule has 7 heteroatoms. The van der Waals surface area contributed by atoms with E-state index in [0.717, 1.165) is 13.1 Å². The van der Waals surface area contributed by atoms with Gasteiger partial charge in [0, 0.05) is 13.1 Å². The van der Waals surface area contributed by atoms with Gasteiger partial charge in [-0.1, -0.05) is 42.1 Å². The van der Waals surface area contributed by atoms with Crippen LogP contribution in [0.5, 0.6) is 0 Å². The molecule has 1 aromatic carbocycles. The Kier molecular flexibility index (Phi) is 4.95. The van der Waals surface area contributed by atoms with E-state index in [9.17, 15) is 0 Å². The van der Waals surface area contributed by atoms with Crippen LogP contribution in [0, 0.1) is 0 Å². The maximum Gasteiger partial charge on any atom is 0.247 e. The van der Waals surface area contributed by atoms with Gasteiger partial charge in [-0.15, -0.1) is 5.10 Å². The van der Waals surface area contributed by atoms with Gasteiger partial charge in [0.2, 0.25) is 5.95 Å². The molecule has 0 radical (unpaired) electrons. The third kappa shape index (κ3) is 3.59. The van der Waals surface area contributed by atoms with Crippen LogP contribution in [-0.2, 0) is 0 Å². The molecule has 0 saturated carbocycles. The first-order chi connectivity index (χ1) is 10.7. The van der Waals surface area contributed by atoms with E-state index in [2.05, 4.69) is 25.4 Å². The first-order valence-electron chi connectivity index (χ1n) is 7.40. The molecule has 0 amide bonds. The molecule has 1 aliphatic heterocycles. The molecule has 2 aromatic rings. The fourth-order valence-electron chi connectivity index (χ4n) is 2.50. The Balaban J connectivity index is 1.80. The van der Waals surface area contributed by atoms with Gasteiger partial charge in [-0.25, -0.2) is 0 Å². The van der Waals surface area contributed by atoms with E-state index in [1.165, 1.54) is 25.7 Å². The fraction of sp³-hybridized carbons (Fsp3) is 0.400. The van der Waals surface area contributed by atoms with Crippen molar-refractivity contribution in [3.63, 3.8) is 0 Å². The second-order valence-corrected chi connectivity index (χ2v) is 6.05. The van der Waals surface area contributed by atoms with Crippen LogP contribution in [-0.4, -0.2) is 28.3 Å². The van der Waals surface area contributed by atoms with Crippen molar-refractivity contribution >= 4 is 40.7 Å². The molecular formula is C15H17Cl2N5. The molecule has 116 valence electrons. The predicted octanol–water partition coefficient (Wildman–Crippen LogP) is 4.30. The monoisotopic (exact) mass is 337 g/mol. The van der Waals surface area contributed by atoms with E-state index in [1.807, 2.05) is 12.1 Å². The molecule has 1 N–H and O–H groups in total. The van der Waals surface area contributed by atoms with Gasteiger partial charge in [0.25, 0.3) is 0 Å². The van der Waals surface area contributed by atoms with Gasteiger partial charge in [-0.2, -0.15) is 10.1 Å². The van der Waals surface area contributed by atoms with E-state index >= 15 is 0 Å². The van der Waals surface area contributed by atoms with Crippen LogP contribution in [0.3, 0.4) is 0 Å². The molecule has 2 heterocycles. The molecule has 1 aliphatic rings. The van der Waals surface area contributed by atoms with Crippen LogP contribution in [0.25, 0.3) is 0 Å². The summed E-state index contributed by atoms with van der Waals surface area (Å²) in [5.41, 5.74) is 0.705. The topological polar surface area (TPSA) is 53.9 Å². The summed E-state index contributed by atoms with van der Waals surface area (Å²) in [6.07, 6.45) is 6.45. The summed E-state index contributed by atoms with van der Waals surface area (Å²) >= 11 is 12.2. The van der Waals surface area contributed by atoms with Gasteiger partial charge in [0.05, 0.1) is 21.9 Å².